The summed E-state index contributed by atoms with van der Waals surface area (Å²) in [6.07, 6.45) is 2.31. The highest BCUT2D eigenvalue weighted by molar-refractivity contribution is 5.63. The first-order valence-electron chi connectivity index (χ1n) is 8.69. The van der Waals surface area contributed by atoms with Crippen LogP contribution in [0.15, 0.2) is 28.8 Å². The summed E-state index contributed by atoms with van der Waals surface area (Å²) in [6, 6.07) is 6.98. The quantitative estimate of drug-likeness (QED) is 0.609. The van der Waals surface area contributed by atoms with Crippen molar-refractivity contribution in [1.82, 2.24) is 15.0 Å². The van der Waals surface area contributed by atoms with Gasteiger partial charge in [0, 0.05) is 38.2 Å². The molecule has 8 nitrogen and oxygen atoms in total. The highest BCUT2D eigenvalue weighted by atomic mass is 16.6. The molecule has 4 rings (SSSR count). The fourth-order valence-corrected chi connectivity index (χ4v) is 3.32. The molecular formula is C17H21N5O3. The highest BCUT2D eigenvalue weighted by Gasteiger charge is 2.32. The van der Waals surface area contributed by atoms with Crippen molar-refractivity contribution in [3.63, 3.8) is 0 Å². The van der Waals surface area contributed by atoms with Crippen LogP contribution in [0.5, 0.6) is 0 Å². The molecule has 25 heavy (non-hydrogen) atoms. The molecule has 1 atom stereocenters. The second-order valence-corrected chi connectivity index (χ2v) is 6.71. The summed E-state index contributed by atoms with van der Waals surface area (Å²) in [5.41, 5.74) is 0.851. The zero-order valence-electron chi connectivity index (χ0n) is 14.2. The molecule has 8 heteroatoms. The van der Waals surface area contributed by atoms with Gasteiger partial charge in [0.1, 0.15) is 5.69 Å². The van der Waals surface area contributed by atoms with Gasteiger partial charge in [-0.1, -0.05) is 17.3 Å². The summed E-state index contributed by atoms with van der Waals surface area (Å²) in [7, 11) is 0. The average molecular weight is 343 g/mol. The van der Waals surface area contributed by atoms with Crippen LogP contribution in [0.2, 0.25) is 0 Å². The van der Waals surface area contributed by atoms with Gasteiger partial charge >= 0.3 is 0 Å². The van der Waals surface area contributed by atoms with Crippen LogP contribution in [-0.2, 0) is 0 Å². The van der Waals surface area contributed by atoms with E-state index < -0.39 is 0 Å². The lowest BCUT2D eigenvalue weighted by atomic mass is 10.2. The Bertz CT molecular complexity index is 765. The molecule has 1 saturated heterocycles. The minimum absolute atomic E-state index is 0.0629. The fraction of sp³-hybridized carbons (Fsp3) is 0.529. The molecule has 0 spiro atoms. The summed E-state index contributed by atoms with van der Waals surface area (Å²) in [6.45, 7) is 5.14. The number of nitro benzene ring substituents is 1. The van der Waals surface area contributed by atoms with E-state index in [1.54, 1.807) is 12.1 Å². The number of benzene rings is 1. The van der Waals surface area contributed by atoms with Crippen molar-refractivity contribution in [1.29, 1.82) is 0 Å². The predicted octanol–water partition coefficient (Wildman–Crippen LogP) is 2.74. The smallest absolute Gasteiger partial charge is 0.292 e. The standard InChI is InChI=1S/C17H21N5O3/c1-12(17-18-16(19-25-17)13-6-7-13)20-8-10-21(11-9-20)14-4-2-3-5-15(14)22(23)24/h2-5,12-13H,6-11H2,1H3. The Morgan fingerprint density at radius 3 is 2.64 bits per heavy atom. The van der Waals surface area contributed by atoms with Crippen molar-refractivity contribution < 1.29 is 9.45 Å². The monoisotopic (exact) mass is 343 g/mol. The van der Waals surface area contributed by atoms with Crippen LogP contribution < -0.4 is 4.90 Å². The van der Waals surface area contributed by atoms with Crippen LogP contribution in [0.25, 0.3) is 0 Å². The third kappa shape index (κ3) is 3.21. The van der Waals surface area contributed by atoms with E-state index in [2.05, 4.69) is 26.9 Å². The molecule has 1 aromatic heterocycles. The van der Waals surface area contributed by atoms with Crippen molar-refractivity contribution in [2.45, 2.75) is 31.7 Å². The van der Waals surface area contributed by atoms with Crippen molar-refractivity contribution in [2.75, 3.05) is 31.1 Å². The van der Waals surface area contributed by atoms with E-state index in [4.69, 9.17) is 4.52 Å². The van der Waals surface area contributed by atoms with Gasteiger partial charge in [-0.05, 0) is 25.8 Å². The van der Waals surface area contributed by atoms with Gasteiger partial charge in [0.2, 0.25) is 5.89 Å². The molecule has 132 valence electrons. The molecular weight excluding hydrogens is 322 g/mol. The number of aromatic nitrogens is 2. The van der Waals surface area contributed by atoms with Gasteiger partial charge < -0.3 is 9.42 Å². The second kappa shape index (κ2) is 6.44. The van der Waals surface area contributed by atoms with Crippen molar-refractivity contribution in [2.24, 2.45) is 0 Å². The first-order valence-corrected chi connectivity index (χ1v) is 8.69. The molecule has 1 aliphatic carbocycles. The Balaban J connectivity index is 1.41. The van der Waals surface area contributed by atoms with Gasteiger partial charge in [-0.25, -0.2) is 0 Å². The van der Waals surface area contributed by atoms with Crippen molar-refractivity contribution in [3.05, 3.63) is 46.1 Å². The third-order valence-corrected chi connectivity index (χ3v) is 5.04. The first kappa shape index (κ1) is 16.0. The lowest BCUT2D eigenvalue weighted by Gasteiger charge is -2.37. The molecule has 0 N–H and O–H groups in total. The minimum Gasteiger partial charge on any atom is -0.363 e. The van der Waals surface area contributed by atoms with E-state index in [1.807, 2.05) is 12.1 Å². The maximum Gasteiger partial charge on any atom is 0.292 e. The van der Waals surface area contributed by atoms with E-state index in [0.717, 1.165) is 44.8 Å². The Kier molecular flexibility index (Phi) is 4.12. The third-order valence-electron chi connectivity index (χ3n) is 5.04. The lowest BCUT2D eigenvalue weighted by molar-refractivity contribution is -0.384. The number of hydrogen-bond acceptors (Lipinski definition) is 7. The van der Waals surface area contributed by atoms with Crippen LogP contribution in [0.4, 0.5) is 11.4 Å². The van der Waals surface area contributed by atoms with Gasteiger partial charge in [-0.15, -0.1) is 0 Å². The Morgan fingerprint density at radius 1 is 1.24 bits per heavy atom. The second-order valence-electron chi connectivity index (χ2n) is 6.71. The van der Waals surface area contributed by atoms with E-state index in [9.17, 15) is 10.1 Å². The summed E-state index contributed by atoms with van der Waals surface area (Å²) in [5, 5.41) is 15.3. The molecule has 0 bridgehead atoms. The Morgan fingerprint density at radius 2 is 1.96 bits per heavy atom. The number of anilines is 1. The number of rotatable bonds is 5. The normalized spacial score (nSPS) is 19.8. The van der Waals surface area contributed by atoms with E-state index in [-0.39, 0.29) is 16.7 Å². The van der Waals surface area contributed by atoms with Gasteiger partial charge in [0.15, 0.2) is 5.82 Å². The summed E-state index contributed by atoms with van der Waals surface area (Å²) < 4.78 is 5.44. The Hall–Kier alpha value is -2.48. The summed E-state index contributed by atoms with van der Waals surface area (Å²) in [5.74, 6) is 1.99. The maximum absolute atomic E-state index is 11.2. The van der Waals surface area contributed by atoms with Gasteiger partial charge in [-0.2, -0.15) is 4.98 Å². The lowest BCUT2D eigenvalue weighted by Crippen LogP contribution is -2.47. The minimum atomic E-state index is -0.317. The van der Waals surface area contributed by atoms with Crippen molar-refractivity contribution >= 4 is 11.4 Å². The molecule has 1 unspecified atom stereocenters. The molecule has 0 amide bonds. The van der Waals surface area contributed by atoms with Crippen LogP contribution in [-0.4, -0.2) is 46.1 Å². The van der Waals surface area contributed by atoms with Crippen LogP contribution >= 0.6 is 0 Å². The van der Waals surface area contributed by atoms with Crippen LogP contribution in [0.1, 0.15) is 43.4 Å². The number of hydrogen-bond donors (Lipinski definition) is 0. The molecule has 0 radical (unpaired) electrons. The van der Waals surface area contributed by atoms with Gasteiger partial charge in [-0.3, -0.25) is 15.0 Å². The zero-order chi connectivity index (χ0) is 17.4. The average Bonchev–Trinajstić information content (AvgIpc) is 3.38. The molecule has 2 aromatic rings. The van der Waals surface area contributed by atoms with Crippen molar-refractivity contribution in [3.8, 4) is 0 Å². The topological polar surface area (TPSA) is 88.5 Å². The van der Waals surface area contributed by atoms with Gasteiger partial charge in [0.05, 0.1) is 11.0 Å². The van der Waals surface area contributed by atoms with E-state index in [0.29, 0.717) is 17.5 Å². The zero-order valence-corrected chi connectivity index (χ0v) is 14.2. The highest BCUT2D eigenvalue weighted by Crippen LogP contribution is 2.38. The molecule has 2 fully saturated rings. The van der Waals surface area contributed by atoms with E-state index in [1.165, 1.54) is 0 Å². The molecule has 1 aliphatic heterocycles. The molecule has 2 aliphatic rings. The number of para-hydroxylation sites is 2. The van der Waals surface area contributed by atoms with Gasteiger partial charge in [0.25, 0.3) is 5.69 Å². The molecule has 2 heterocycles. The summed E-state index contributed by atoms with van der Waals surface area (Å²) >= 11 is 0. The SMILES string of the molecule is CC(c1nc(C2CC2)no1)N1CCN(c2ccccc2[N+](=O)[O-])CC1. The van der Waals surface area contributed by atoms with Crippen LogP contribution in [0, 0.1) is 10.1 Å². The predicted molar refractivity (Wildman–Crippen MR) is 91.6 cm³/mol. The van der Waals surface area contributed by atoms with Crippen LogP contribution in [0.3, 0.4) is 0 Å². The number of nitro groups is 1. The number of nitrogens with zero attached hydrogens (tertiary/aromatic N) is 5. The molecule has 1 aromatic carbocycles. The first-order chi connectivity index (χ1) is 12.1. The molecule has 1 saturated carbocycles. The summed E-state index contributed by atoms with van der Waals surface area (Å²) in [4.78, 5) is 19.8. The fourth-order valence-electron chi connectivity index (χ4n) is 3.32. The van der Waals surface area contributed by atoms with E-state index >= 15 is 0 Å². The number of piperazine rings is 1. The largest absolute Gasteiger partial charge is 0.363 e. The maximum atomic E-state index is 11.2. The Labute approximate surface area is 145 Å².